The molecule has 1 saturated heterocycles. The molecule has 0 unspecified atom stereocenters. The summed E-state index contributed by atoms with van der Waals surface area (Å²) >= 11 is 5.83. The number of thiocarbonyl (C=S) groups is 1. The summed E-state index contributed by atoms with van der Waals surface area (Å²) in [5.41, 5.74) is 2.21. The number of nitrogens with zero attached hydrogens (tertiary/aromatic N) is 4. The molecule has 1 aliphatic heterocycles. The monoisotopic (exact) mass is 389 g/mol. The first-order valence-electron chi connectivity index (χ1n) is 9.91. The SMILES string of the molecule is S=C1N[C@H](c2ccccn2)[C@@H](c2cccn2-c2ccccn2)N1C1CCCC1. The quantitative estimate of drug-likeness (QED) is 0.678. The van der Waals surface area contributed by atoms with Gasteiger partial charge in [-0.3, -0.25) is 4.98 Å². The maximum absolute atomic E-state index is 5.83. The summed E-state index contributed by atoms with van der Waals surface area (Å²) < 4.78 is 2.18. The fourth-order valence-corrected chi connectivity index (χ4v) is 4.99. The molecule has 3 aromatic heterocycles. The summed E-state index contributed by atoms with van der Waals surface area (Å²) in [5, 5.41) is 4.41. The van der Waals surface area contributed by atoms with Crippen LogP contribution in [-0.2, 0) is 0 Å². The van der Waals surface area contributed by atoms with Gasteiger partial charge >= 0.3 is 0 Å². The molecular weight excluding hydrogens is 366 g/mol. The van der Waals surface area contributed by atoms with Crippen molar-refractivity contribution in [3.63, 3.8) is 0 Å². The molecule has 6 heteroatoms. The number of hydrogen-bond donors (Lipinski definition) is 1. The molecule has 0 spiro atoms. The fraction of sp³-hybridized carbons (Fsp3) is 0.318. The topological polar surface area (TPSA) is 46.0 Å². The van der Waals surface area contributed by atoms with Crippen LogP contribution in [0, 0.1) is 0 Å². The Morgan fingerprint density at radius 3 is 2.43 bits per heavy atom. The van der Waals surface area contributed by atoms with E-state index in [1.54, 1.807) is 0 Å². The second kappa shape index (κ2) is 7.36. The molecule has 0 aromatic carbocycles. The van der Waals surface area contributed by atoms with Gasteiger partial charge in [-0.1, -0.05) is 25.0 Å². The van der Waals surface area contributed by atoms with Crippen LogP contribution >= 0.6 is 12.2 Å². The zero-order valence-corrected chi connectivity index (χ0v) is 16.4. The molecule has 1 N–H and O–H groups in total. The third-order valence-electron chi connectivity index (χ3n) is 5.83. The number of hydrogen-bond acceptors (Lipinski definition) is 3. The number of aromatic nitrogens is 3. The van der Waals surface area contributed by atoms with E-state index in [9.17, 15) is 0 Å². The zero-order valence-electron chi connectivity index (χ0n) is 15.6. The van der Waals surface area contributed by atoms with E-state index in [1.807, 2.05) is 42.7 Å². The molecule has 3 aromatic rings. The third-order valence-corrected chi connectivity index (χ3v) is 6.16. The Bertz CT molecular complexity index is 949. The molecular formula is C22H23N5S. The van der Waals surface area contributed by atoms with E-state index in [1.165, 1.54) is 31.4 Å². The minimum atomic E-state index is 0.0201. The number of pyridine rings is 2. The molecule has 2 aliphatic rings. The Balaban J connectivity index is 1.62. The second-order valence-electron chi connectivity index (χ2n) is 7.46. The maximum Gasteiger partial charge on any atom is 0.170 e. The molecule has 4 heterocycles. The highest BCUT2D eigenvalue weighted by Gasteiger charge is 2.44. The van der Waals surface area contributed by atoms with Crippen molar-refractivity contribution >= 4 is 17.3 Å². The molecule has 0 amide bonds. The van der Waals surface area contributed by atoms with Gasteiger partial charge in [-0.2, -0.15) is 0 Å². The highest BCUT2D eigenvalue weighted by molar-refractivity contribution is 7.80. The van der Waals surface area contributed by atoms with Crippen LogP contribution in [0.15, 0.2) is 67.1 Å². The van der Waals surface area contributed by atoms with Crippen molar-refractivity contribution in [3.8, 4) is 5.82 Å². The van der Waals surface area contributed by atoms with E-state index < -0.39 is 0 Å². The Morgan fingerprint density at radius 1 is 0.929 bits per heavy atom. The van der Waals surface area contributed by atoms with Gasteiger partial charge in [-0.05, 0) is 61.5 Å². The Hall–Kier alpha value is -2.73. The Morgan fingerprint density at radius 2 is 1.71 bits per heavy atom. The summed E-state index contributed by atoms with van der Waals surface area (Å²) in [4.78, 5) is 11.6. The predicted molar refractivity (Wildman–Crippen MR) is 113 cm³/mol. The summed E-state index contributed by atoms with van der Waals surface area (Å²) in [7, 11) is 0. The van der Waals surface area contributed by atoms with E-state index >= 15 is 0 Å². The molecule has 5 rings (SSSR count). The van der Waals surface area contributed by atoms with Gasteiger partial charge in [0.25, 0.3) is 0 Å². The average Bonchev–Trinajstić information content (AvgIpc) is 3.48. The van der Waals surface area contributed by atoms with Gasteiger partial charge in [-0.15, -0.1) is 0 Å². The van der Waals surface area contributed by atoms with Crippen LogP contribution in [0.25, 0.3) is 5.82 Å². The summed E-state index contributed by atoms with van der Waals surface area (Å²) in [6, 6.07) is 17.0. The van der Waals surface area contributed by atoms with Gasteiger partial charge in [0.2, 0.25) is 0 Å². The highest BCUT2D eigenvalue weighted by atomic mass is 32.1. The molecule has 1 saturated carbocycles. The van der Waals surface area contributed by atoms with Crippen LogP contribution in [0.3, 0.4) is 0 Å². The van der Waals surface area contributed by atoms with Crippen LogP contribution in [0.1, 0.15) is 49.2 Å². The van der Waals surface area contributed by atoms with Crippen molar-refractivity contribution in [2.45, 2.75) is 43.8 Å². The van der Waals surface area contributed by atoms with E-state index in [0.717, 1.165) is 16.6 Å². The third kappa shape index (κ3) is 2.98. The molecule has 142 valence electrons. The van der Waals surface area contributed by atoms with Crippen LogP contribution in [0.2, 0.25) is 0 Å². The summed E-state index contributed by atoms with van der Waals surface area (Å²) in [6.07, 6.45) is 10.7. The van der Waals surface area contributed by atoms with Crippen molar-refractivity contribution in [3.05, 3.63) is 78.5 Å². The minimum Gasteiger partial charge on any atom is -0.352 e. The molecule has 0 radical (unpaired) electrons. The van der Waals surface area contributed by atoms with Crippen LogP contribution < -0.4 is 5.32 Å². The summed E-state index contributed by atoms with van der Waals surface area (Å²) in [6.45, 7) is 0. The van der Waals surface area contributed by atoms with E-state index in [2.05, 4.69) is 49.1 Å². The lowest BCUT2D eigenvalue weighted by Gasteiger charge is -2.33. The van der Waals surface area contributed by atoms with Gasteiger partial charge in [-0.25, -0.2) is 4.98 Å². The number of nitrogens with one attached hydrogen (secondary N) is 1. The first-order valence-corrected chi connectivity index (χ1v) is 10.3. The van der Waals surface area contributed by atoms with Crippen molar-refractivity contribution in [2.75, 3.05) is 0 Å². The first-order chi connectivity index (χ1) is 13.8. The lowest BCUT2D eigenvalue weighted by atomic mass is 9.99. The van der Waals surface area contributed by atoms with Gasteiger partial charge in [0.05, 0.1) is 17.8 Å². The maximum atomic E-state index is 5.83. The number of rotatable bonds is 4. The lowest BCUT2D eigenvalue weighted by molar-refractivity contribution is 0.239. The molecule has 2 atom stereocenters. The zero-order chi connectivity index (χ0) is 18.9. The average molecular weight is 390 g/mol. The van der Waals surface area contributed by atoms with Gasteiger partial charge in [0.1, 0.15) is 5.82 Å². The van der Waals surface area contributed by atoms with Crippen molar-refractivity contribution < 1.29 is 0 Å². The lowest BCUT2D eigenvalue weighted by Crippen LogP contribution is -2.38. The van der Waals surface area contributed by atoms with Crippen LogP contribution in [0.5, 0.6) is 0 Å². The standard InChI is InChI=1S/C22H23N5S/c28-22-25-20(17-10-3-5-13-23-17)21(27(22)16-8-1-2-9-16)18-11-7-15-26(18)19-12-4-6-14-24-19/h3-7,10-16,20-21H,1-2,8-9H2,(H,25,28)/t20-,21-/m1/s1. The van der Waals surface area contributed by atoms with Crippen LogP contribution in [0.4, 0.5) is 0 Å². The highest BCUT2D eigenvalue weighted by Crippen LogP contribution is 2.43. The Kier molecular flexibility index (Phi) is 4.56. The van der Waals surface area contributed by atoms with Crippen molar-refractivity contribution in [2.24, 2.45) is 0 Å². The van der Waals surface area contributed by atoms with Gasteiger partial charge in [0.15, 0.2) is 5.11 Å². The van der Waals surface area contributed by atoms with E-state index in [0.29, 0.717) is 6.04 Å². The van der Waals surface area contributed by atoms with Gasteiger partial charge in [0, 0.05) is 30.3 Å². The van der Waals surface area contributed by atoms with Gasteiger partial charge < -0.3 is 14.8 Å². The van der Waals surface area contributed by atoms with Crippen molar-refractivity contribution in [1.82, 2.24) is 24.8 Å². The summed E-state index contributed by atoms with van der Waals surface area (Å²) in [5.74, 6) is 0.923. The molecule has 1 aliphatic carbocycles. The second-order valence-corrected chi connectivity index (χ2v) is 7.85. The van der Waals surface area contributed by atoms with Crippen LogP contribution in [-0.4, -0.2) is 30.6 Å². The van der Waals surface area contributed by atoms with E-state index in [4.69, 9.17) is 12.2 Å². The van der Waals surface area contributed by atoms with E-state index in [-0.39, 0.29) is 12.1 Å². The largest absolute Gasteiger partial charge is 0.352 e. The normalized spacial score (nSPS) is 22.6. The predicted octanol–water partition coefficient (Wildman–Crippen LogP) is 4.18. The minimum absolute atomic E-state index is 0.0201. The molecule has 28 heavy (non-hydrogen) atoms. The first kappa shape index (κ1) is 17.4. The molecule has 0 bridgehead atoms. The molecule has 5 nitrogen and oxygen atoms in total. The Labute approximate surface area is 170 Å². The smallest absolute Gasteiger partial charge is 0.170 e. The fourth-order valence-electron chi connectivity index (χ4n) is 4.60. The van der Waals surface area contributed by atoms with Crippen molar-refractivity contribution in [1.29, 1.82) is 0 Å². The molecule has 2 fully saturated rings.